The number of fused-ring (bicyclic) bond motifs is 16. The van der Waals surface area contributed by atoms with E-state index < -0.39 is 150 Å². The standard InChI is InChI=1S/C58H36O.C40H33BO2.C25H18O/c1-3-15-37(16-4-1)38-27-29-40(30-28-38)57-51(33-34-52-46-21-13-14-26-54(46)59-58(52)57)53-36-42-35-41(31-32-43(42)44-19-7-8-20-45(44)53)56-49-24-11-9-22-47(49)55(39-17-5-2-6-18-39)48-23-10-12-25-50(48)56;1-39(2)40(3,4)43-41(42-39)36-25-28-24-27(22-23-29(28)30-16-8-9-17-31(30)36)38-34-20-12-10-18-32(34)37(26-14-6-5-7-15-26)33-19-11-13-21-35(33)38;1-17-11-16-22-21-9-5-6-10-23(21)26-25(22)24(17)20-14-12-19(13-15-20)18-7-3-2-4-8-18/h1-36H;5-25H,1-4H3;2-16H,1H3/i1D,2D,3D,4D,5D,6D,15D,16D,17D,18D,27D,28D,29D,30D;5D,6D,7D,14D,15D;2D,3D,4D,7D,8D,12D,13D,14D,15D. The lowest BCUT2D eigenvalue weighted by atomic mass is 9.74. The number of aryl methyl sites for hydroxylation is 1. The fourth-order valence-electron chi connectivity index (χ4n) is 18.5. The zero-order valence-corrected chi connectivity index (χ0v) is 69.6. The maximum atomic E-state index is 9.66. The van der Waals surface area contributed by atoms with Gasteiger partial charge in [0.25, 0.3) is 0 Å². The van der Waals surface area contributed by atoms with Crippen LogP contribution in [0, 0.1) is 6.92 Å². The van der Waals surface area contributed by atoms with Gasteiger partial charge in [-0.25, -0.2) is 0 Å². The van der Waals surface area contributed by atoms with Crippen LogP contribution in [0.15, 0.2) is 445 Å². The van der Waals surface area contributed by atoms with Gasteiger partial charge in [0.2, 0.25) is 0 Å². The summed E-state index contributed by atoms with van der Waals surface area (Å²) in [5, 5.41) is 17.4. The second-order valence-corrected chi connectivity index (χ2v) is 32.8. The summed E-state index contributed by atoms with van der Waals surface area (Å²) < 4.78 is 267. The highest BCUT2D eigenvalue weighted by atomic mass is 16.7. The Kier molecular flexibility index (Phi) is 13.1. The third-order valence-corrected chi connectivity index (χ3v) is 25.0. The molecule has 2 aromatic heterocycles. The van der Waals surface area contributed by atoms with E-state index in [-0.39, 0.29) is 87.3 Å². The normalized spacial score (nSPS) is 16.1. The molecule has 0 unspecified atom stereocenters. The van der Waals surface area contributed by atoms with Gasteiger partial charge in [-0.05, 0) is 257 Å². The van der Waals surface area contributed by atoms with Gasteiger partial charge in [-0.15, -0.1) is 0 Å². The molecular weight excluding hydrogens is 1550 g/mol. The molecule has 22 aromatic carbocycles. The Balaban J connectivity index is 0.000000137. The van der Waals surface area contributed by atoms with Crippen LogP contribution in [0.5, 0.6) is 0 Å². The molecule has 128 heavy (non-hydrogen) atoms. The molecule has 25 rings (SSSR count). The lowest BCUT2D eigenvalue weighted by molar-refractivity contribution is 0.00578. The molecule has 1 saturated heterocycles. The summed E-state index contributed by atoms with van der Waals surface area (Å²) in [6.45, 7) is 10.1. The minimum absolute atomic E-state index is 0.0262. The minimum atomic E-state index is -0.663. The first-order chi connectivity index (χ1) is 74.5. The van der Waals surface area contributed by atoms with Gasteiger partial charge < -0.3 is 18.1 Å². The quantitative estimate of drug-likeness (QED) is 0.0778. The van der Waals surface area contributed by atoms with E-state index >= 15 is 0 Å². The first-order valence-electron chi connectivity index (χ1n) is 56.1. The van der Waals surface area contributed by atoms with Crippen molar-refractivity contribution in [2.45, 2.75) is 45.8 Å². The monoisotopic (exact) mass is 1670 g/mol. The van der Waals surface area contributed by atoms with Crippen LogP contribution in [0.1, 0.15) is 71.6 Å². The third-order valence-electron chi connectivity index (χ3n) is 25.0. The Morgan fingerprint density at radius 1 is 0.219 bits per heavy atom. The van der Waals surface area contributed by atoms with Gasteiger partial charge in [-0.1, -0.05) is 400 Å². The van der Waals surface area contributed by atoms with Crippen molar-refractivity contribution >= 4 is 143 Å². The molecule has 4 nitrogen and oxygen atoms in total. The first kappa shape index (κ1) is 53.0. The summed E-state index contributed by atoms with van der Waals surface area (Å²) in [6, 6.07) is 73.3. The molecular formula is C123H87BO4. The van der Waals surface area contributed by atoms with Gasteiger partial charge in [0.05, 0.1) is 49.6 Å². The molecule has 5 heteroatoms. The molecule has 0 bridgehead atoms. The number of para-hydroxylation sites is 2. The summed E-state index contributed by atoms with van der Waals surface area (Å²) in [5.74, 6) is 0. The fourth-order valence-corrected chi connectivity index (χ4v) is 18.5. The third kappa shape index (κ3) is 13.3. The molecule has 0 aliphatic carbocycles. The van der Waals surface area contributed by atoms with Crippen LogP contribution in [-0.4, -0.2) is 18.3 Å². The van der Waals surface area contributed by atoms with Crippen molar-refractivity contribution in [3.05, 3.63) is 442 Å². The molecule has 24 aromatic rings. The summed E-state index contributed by atoms with van der Waals surface area (Å²) >= 11 is 0. The van der Waals surface area contributed by atoms with E-state index in [0.717, 1.165) is 119 Å². The smallest absolute Gasteiger partial charge is 0.455 e. The van der Waals surface area contributed by atoms with Gasteiger partial charge >= 0.3 is 7.12 Å². The summed E-state index contributed by atoms with van der Waals surface area (Å²) in [7, 11) is -0.522. The minimum Gasteiger partial charge on any atom is -0.455 e. The van der Waals surface area contributed by atoms with Gasteiger partial charge in [-0.3, -0.25) is 0 Å². The van der Waals surface area contributed by atoms with Crippen molar-refractivity contribution in [3.8, 4) is 100 Å². The maximum Gasteiger partial charge on any atom is 0.495 e. The van der Waals surface area contributed by atoms with Crippen molar-refractivity contribution < 1.29 is 56.5 Å². The predicted molar refractivity (Wildman–Crippen MR) is 543 cm³/mol. The number of hydrogen-bond acceptors (Lipinski definition) is 4. The molecule has 606 valence electrons. The lowest BCUT2D eigenvalue weighted by Gasteiger charge is -2.32. The van der Waals surface area contributed by atoms with Crippen LogP contribution in [-0.2, 0) is 9.31 Å². The predicted octanol–water partition coefficient (Wildman–Crippen LogP) is 33.7. The Labute approximate surface area is 783 Å². The van der Waals surface area contributed by atoms with Gasteiger partial charge in [0, 0.05) is 32.7 Å². The zero-order valence-electron chi connectivity index (χ0n) is 97.6. The van der Waals surface area contributed by atoms with E-state index in [1.165, 1.54) is 0 Å². The van der Waals surface area contributed by atoms with Crippen molar-refractivity contribution in [1.29, 1.82) is 0 Å². The van der Waals surface area contributed by atoms with Crippen LogP contribution >= 0.6 is 0 Å². The Bertz CT molecular complexity index is 10100. The molecule has 1 aliphatic heterocycles. The van der Waals surface area contributed by atoms with Crippen LogP contribution in [0.3, 0.4) is 0 Å². The topological polar surface area (TPSA) is 44.7 Å². The summed E-state index contributed by atoms with van der Waals surface area (Å²) in [4.78, 5) is 0. The van der Waals surface area contributed by atoms with E-state index in [4.69, 9.17) is 51.0 Å². The highest BCUT2D eigenvalue weighted by molar-refractivity contribution is 6.66. The van der Waals surface area contributed by atoms with E-state index in [2.05, 4.69) is 100 Å². The maximum absolute atomic E-state index is 9.66. The number of hydrogen-bond donors (Lipinski definition) is 0. The summed E-state index contributed by atoms with van der Waals surface area (Å²) in [6.07, 6.45) is 0. The first-order valence-corrected chi connectivity index (χ1v) is 42.1. The molecule has 1 aliphatic rings. The average Bonchev–Trinajstić information content (AvgIpc) is 1.19. The molecule has 0 atom stereocenters. The molecule has 0 radical (unpaired) electrons. The van der Waals surface area contributed by atoms with E-state index in [9.17, 15) is 5.48 Å². The van der Waals surface area contributed by atoms with Crippen molar-refractivity contribution in [1.82, 2.24) is 0 Å². The number of benzene rings is 22. The lowest BCUT2D eigenvalue weighted by Crippen LogP contribution is -2.41. The summed E-state index contributed by atoms with van der Waals surface area (Å²) in [5.41, 5.74) is 8.14. The molecule has 0 amide bonds. The molecule has 0 N–H and O–H groups in total. The number of rotatable bonds is 10. The number of furan rings is 2. The highest BCUT2D eigenvalue weighted by Gasteiger charge is 2.52. The SMILES string of the molecule is [2H]c1c([2H])c([2H])c(-c2c([2H])c([2H])c(-c3c(-c4cc5cc(-c6c7ccccc7c(-c7c([2H])c([2H])c([2H])c([2H])c7[2H])c7ccccc67)ccc5c5ccccc45)ccc4c3oc3ccccc34)c([2H])c2[2H])c([2H])c1[2H].[2H]c1c([2H])c([2H])c(-c2c([2H])c([2H])c(-c3c(C)ccc4c3oc3ccccc34)c([2H])c2[2H])c([2H])c1[2H].[2H]c1c([2H])c([2H])c(-c2c3ccccc3c(-c3ccc4c(c3)cc(B3OC(C)(C)C(C)(C)O3)c3ccccc34)c3ccccc23)c([2H])c1[2H]. The van der Waals surface area contributed by atoms with Gasteiger partial charge in [0.1, 0.15) is 22.3 Å². The Morgan fingerprint density at radius 2 is 0.516 bits per heavy atom. The van der Waals surface area contributed by atoms with Crippen molar-refractivity contribution in [2.75, 3.05) is 0 Å². The van der Waals surface area contributed by atoms with Crippen LogP contribution < -0.4 is 5.46 Å². The second kappa shape index (κ2) is 31.6. The molecule has 0 saturated carbocycles. The van der Waals surface area contributed by atoms with E-state index in [1.54, 1.807) is 6.92 Å². The second-order valence-electron chi connectivity index (χ2n) is 32.8. The van der Waals surface area contributed by atoms with Crippen LogP contribution in [0.4, 0.5) is 0 Å². The molecule has 3 heterocycles. The van der Waals surface area contributed by atoms with Gasteiger partial charge in [0.15, 0.2) is 0 Å². The van der Waals surface area contributed by atoms with E-state index in [1.807, 2.05) is 194 Å². The Morgan fingerprint density at radius 3 is 0.938 bits per heavy atom. The van der Waals surface area contributed by atoms with E-state index in [0.29, 0.717) is 71.9 Å². The van der Waals surface area contributed by atoms with Crippen molar-refractivity contribution in [3.63, 3.8) is 0 Å². The average molecular weight is 1670 g/mol. The van der Waals surface area contributed by atoms with Gasteiger partial charge in [-0.2, -0.15) is 0 Å². The Hall–Kier alpha value is -15.5. The highest BCUT2D eigenvalue weighted by Crippen LogP contribution is 2.51. The largest absolute Gasteiger partial charge is 0.495 e. The fraction of sp³-hybridized carbons (Fsp3) is 0.0569. The van der Waals surface area contributed by atoms with Crippen molar-refractivity contribution in [2.24, 2.45) is 0 Å². The zero-order chi connectivity index (χ0) is 110. The van der Waals surface area contributed by atoms with Crippen LogP contribution in [0.2, 0.25) is 0 Å². The van der Waals surface area contributed by atoms with Crippen LogP contribution in [0.25, 0.3) is 230 Å². The molecule has 0 spiro atoms. The molecule has 1 fully saturated rings.